The highest BCUT2D eigenvalue weighted by Gasteiger charge is 2.33. The van der Waals surface area contributed by atoms with E-state index in [2.05, 4.69) is 14.7 Å². The van der Waals surface area contributed by atoms with E-state index in [1.807, 2.05) is 113 Å². The van der Waals surface area contributed by atoms with Crippen LogP contribution in [0.15, 0.2) is 170 Å². The van der Waals surface area contributed by atoms with E-state index < -0.39 is 11.6 Å². The second-order valence-corrected chi connectivity index (χ2v) is 31.3. The van der Waals surface area contributed by atoms with Crippen molar-refractivity contribution in [3.63, 3.8) is 0 Å². The number of fused-ring (bicyclic) bond motifs is 3. The van der Waals surface area contributed by atoms with Crippen LogP contribution in [0, 0.1) is 54.3 Å². The summed E-state index contributed by atoms with van der Waals surface area (Å²) in [4.78, 5) is 48.7. The third-order valence-corrected chi connectivity index (χ3v) is 22.7. The van der Waals surface area contributed by atoms with Crippen LogP contribution in [0.25, 0.3) is 30.3 Å². The van der Waals surface area contributed by atoms with Gasteiger partial charge in [0.25, 0.3) is 0 Å². The normalized spacial score (nSPS) is 14.1. The molecule has 0 amide bonds. The molecule has 15 rings (SSSR count). The van der Waals surface area contributed by atoms with E-state index in [0.29, 0.717) is 96.0 Å². The molecule has 0 spiro atoms. The number of benzene rings is 9. The molecule has 110 heavy (non-hydrogen) atoms. The van der Waals surface area contributed by atoms with Gasteiger partial charge in [-0.2, -0.15) is 0 Å². The number of phenolic OH excluding ortho intramolecular Hbond substituents is 3. The van der Waals surface area contributed by atoms with Crippen LogP contribution in [0.5, 0.6) is 69.0 Å². The Bertz CT molecular complexity index is 5050. The summed E-state index contributed by atoms with van der Waals surface area (Å²) < 4.78 is 90.9. The highest BCUT2D eigenvalue weighted by Crippen LogP contribution is 2.47. The number of aryl methyl sites for hydroxylation is 7. The summed E-state index contributed by atoms with van der Waals surface area (Å²) in [6.45, 7) is 19.5. The Morgan fingerprint density at radius 3 is 1.02 bits per heavy atom. The lowest BCUT2D eigenvalue weighted by Gasteiger charge is -2.38. The van der Waals surface area contributed by atoms with Gasteiger partial charge >= 0.3 is 0 Å². The number of alkyl halides is 3. The molecule has 0 aliphatic carbocycles. The molecule has 3 N–H and O–H groups in total. The zero-order valence-corrected chi connectivity index (χ0v) is 64.5. The molecule has 15 nitrogen and oxygen atoms in total. The minimum atomic E-state index is -0.575. The largest absolute Gasteiger partial charge is 0.508 e. The lowest BCUT2D eigenvalue weighted by atomic mass is 9.95. The summed E-state index contributed by atoms with van der Waals surface area (Å²) in [6, 6.07) is 49.6. The van der Waals surface area contributed by atoms with Crippen molar-refractivity contribution in [2.24, 2.45) is 0 Å². The maximum atomic E-state index is 14.9. The number of ether oxygens (including phenoxy) is 6. The summed E-state index contributed by atoms with van der Waals surface area (Å²) in [5.74, 6) is 4.24. The Hall–Kier alpha value is -10.3. The number of carbonyl (C=O) groups excluding carboxylic acids is 3. The van der Waals surface area contributed by atoms with Crippen molar-refractivity contribution >= 4 is 81.6 Å². The molecule has 12 aromatic rings. The van der Waals surface area contributed by atoms with Gasteiger partial charge in [0, 0.05) is 100 Å². The number of nitrogens with zero attached hydrogens (tertiary/aromatic N) is 3. The summed E-state index contributed by atoms with van der Waals surface area (Å²) in [6.07, 6.45) is 1.93. The number of carbonyl (C=O) groups is 3. The lowest BCUT2D eigenvalue weighted by Crippen LogP contribution is -2.53. The summed E-state index contributed by atoms with van der Waals surface area (Å²) in [5.41, 5.74) is 7.57. The molecule has 3 aromatic heterocycles. The highest BCUT2D eigenvalue weighted by molar-refractivity contribution is 7.22. The van der Waals surface area contributed by atoms with Crippen LogP contribution < -0.4 is 28.4 Å². The monoisotopic (exact) mass is 1550 g/mol. The first-order chi connectivity index (χ1) is 53.0. The van der Waals surface area contributed by atoms with E-state index in [9.17, 15) is 47.3 Å². The zero-order valence-electron chi connectivity index (χ0n) is 62.1. The Balaban J connectivity index is 0.000000145. The van der Waals surface area contributed by atoms with Gasteiger partial charge in [0.2, 0.25) is 17.3 Å². The van der Waals surface area contributed by atoms with Crippen molar-refractivity contribution < 1.29 is 75.7 Å². The molecule has 6 heterocycles. The summed E-state index contributed by atoms with van der Waals surface area (Å²) in [7, 11) is 0. The van der Waals surface area contributed by atoms with Crippen LogP contribution in [0.3, 0.4) is 0 Å². The molecule has 9 aromatic carbocycles. The number of halogens is 4. The molecule has 0 bridgehead atoms. The highest BCUT2D eigenvalue weighted by atomic mass is 32.1. The van der Waals surface area contributed by atoms with E-state index >= 15 is 0 Å². The van der Waals surface area contributed by atoms with Crippen LogP contribution >= 0.6 is 34.0 Å². The SMILES string of the molecule is Cc1cc(C)c(C(=O)c2sc3cc(O)ccc3c2Oc2ccc(OC3CN(CCCF)C3)cc2)c(C)c1.Cc1cc(C)c(C(=O)c2sc3cc(O)ccc3c2Oc2ccc(OC3CN(CCCF)C3)cc2)c(F)c1.Cc1ccc(C(=O)c2sc3cc(O)ccc3c2Oc2ccc(OC3CN(CCCF)C3)cc2)c(C)c1. The molecule has 22 heteroatoms. The van der Waals surface area contributed by atoms with Crippen molar-refractivity contribution in [1.82, 2.24) is 14.7 Å². The fourth-order valence-electron chi connectivity index (χ4n) is 14.0. The number of rotatable bonds is 27. The van der Waals surface area contributed by atoms with Crippen LogP contribution in [-0.2, 0) is 0 Å². The number of hydrogen-bond donors (Lipinski definition) is 3. The maximum absolute atomic E-state index is 14.9. The maximum Gasteiger partial charge on any atom is 0.210 e. The number of likely N-dealkylation sites (tertiary alicyclic amines) is 3. The number of thiophene rings is 3. The Labute approximate surface area is 648 Å². The molecular formula is C88H85F4N3O12S3. The first kappa shape index (κ1) is 77.8. The molecule has 0 saturated carbocycles. The average Bonchev–Trinajstić information content (AvgIpc) is 1.63. The smallest absolute Gasteiger partial charge is 0.210 e. The molecule has 0 radical (unpaired) electrons. The second-order valence-electron chi connectivity index (χ2n) is 28.2. The predicted octanol–water partition coefficient (Wildman–Crippen LogP) is 20.5. The molecule has 3 saturated heterocycles. The van der Waals surface area contributed by atoms with Crippen molar-refractivity contribution in [2.75, 3.05) is 78.9 Å². The van der Waals surface area contributed by atoms with Gasteiger partial charge in [-0.1, -0.05) is 47.5 Å². The van der Waals surface area contributed by atoms with E-state index in [1.165, 1.54) is 34.8 Å². The van der Waals surface area contributed by atoms with Gasteiger partial charge in [-0.05, 0) is 229 Å². The van der Waals surface area contributed by atoms with Gasteiger partial charge < -0.3 is 43.7 Å². The fraction of sp³-hybridized carbons (Fsp3) is 0.284. The van der Waals surface area contributed by atoms with E-state index in [4.69, 9.17) is 28.4 Å². The first-order valence-corrected chi connectivity index (χ1v) is 39.0. The minimum absolute atomic E-state index is 0.0102. The number of ketones is 3. The molecule has 3 aliphatic rings. The predicted molar refractivity (Wildman–Crippen MR) is 427 cm³/mol. The van der Waals surface area contributed by atoms with E-state index in [0.717, 1.165) is 135 Å². The first-order valence-electron chi connectivity index (χ1n) is 36.6. The Morgan fingerprint density at radius 1 is 0.373 bits per heavy atom. The quantitative estimate of drug-likeness (QED) is 0.0327. The zero-order chi connectivity index (χ0) is 77.4. The van der Waals surface area contributed by atoms with Crippen molar-refractivity contribution in [2.45, 2.75) is 86.0 Å². The molecule has 0 atom stereocenters. The third-order valence-electron chi connectivity index (χ3n) is 19.3. The van der Waals surface area contributed by atoms with Gasteiger partial charge in [0.1, 0.15) is 90.5 Å². The minimum Gasteiger partial charge on any atom is -0.508 e. The van der Waals surface area contributed by atoms with Crippen LogP contribution in [-0.4, -0.2) is 145 Å². The standard InChI is InChI=1S/C30H30FNO4S.C29H27F2NO4S.C29H28FNO4S/c1-18-13-19(2)27(20(3)14-18)28(34)30-29(25-10-5-21(33)15-26(25)37-30)36-23-8-6-22(7-9-23)35-24-16-32(17-24)12-4-11-31;1-17-12-18(2)26(24(31)13-17)27(34)29-28(23-9-4-19(33)14-25(23)37-29)36-21-7-5-20(6-8-21)35-22-15-32(16-22)11-3-10-30;1-18-4-10-24(19(2)14-18)27(33)29-28(25-11-5-20(32)15-26(25)36-29)35-22-8-6-21(7-9-22)34-23-16-31(17-23)13-3-12-30/h5-10,13-15,24,33H,4,11-12,16-17H2,1-3H3;4-9,12-14,22,33H,3,10-11,15-16H2,1-2H3;4-11,14-15,23,32H,3,12-13,16-17H2,1-2H3. The molecule has 570 valence electrons. The van der Waals surface area contributed by atoms with Crippen molar-refractivity contribution in [3.8, 4) is 69.0 Å². The molecule has 3 aliphatic heterocycles. The van der Waals surface area contributed by atoms with Gasteiger partial charge in [-0.25, -0.2) is 4.39 Å². The number of aromatic hydroxyl groups is 3. The molecular weight excluding hydrogens is 1460 g/mol. The van der Waals surface area contributed by atoms with Crippen molar-refractivity contribution in [1.29, 1.82) is 0 Å². The van der Waals surface area contributed by atoms with Crippen LogP contribution in [0.1, 0.15) is 104 Å². The Morgan fingerprint density at radius 2 is 0.682 bits per heavy atom. The van der Waals surface area contributed by atoms with Gasteiger partial charge in [0.15, 0.2) is 17.2 Å². The number of phenols is 3. The Kier molecular flexibility index (Phi) is 24.6. The second kappa shape index (κ2) is 34.7. The summed E-state index contributed by atoms with van der Waals surface area (Å²) in [5, 5.41) is 32.2. The lowest BCUT2D eigenvalue weighted by molar-refractivity contribution is 0.0183. The van der Waals surface area contributed by atoms with Gasteiger partial charge in [0.05, 0.1) is 25.6 Å². The van der Waals surface area contributed by atoms with Crippen LogP contribution in [0.4, 0.5) is 17.6 Å². The molecule has 3 fully saturated rings. The van der Waals surface area contributed by atoms with E-state index in [1.54, 1.807) is 92.7 Å². The van der Waals surface area contributed by atoms with Gasteiger partial charge in [-0.3, -0.25) is 42.3 Å². The van der Waals surface area contributed by atoms with Crippen molar-refractivity contribution in [3.05, 3.63) is 246 Å². The van der Waals surface area contributed by atoms with E-state index in [-0.39, 0.29) is 77.6 Å². The number of hydrogen-bond acceptors (Lipinski definition) is 18. The molecule has 0 unspecified atom stereocenters. The van der Waals surface area contributed by atoms with Gasteiger partial charge in [-0.15, -0.1) is 34.0 Å². The summed E-state index contributed by atoms with van der Waals surface area (Å²) >= 11 is 3.79. The van der Waals surface area contributed by atoms with Crippen LogP contribution in [0.2, 0.25) is 0 Å². The third kappa shape index (κ3) is 18.2. The average molecular weight is 1550 g/mol. The fourth-order valence-corrected chi connectivity index (χ4v) is 17.3. The topological polar surface area (TPSA) is 177 Å².